The Morgan fingerprint density at radius 2 is 1.85 bits per heavy atom. The highest BCUT2D eigenvalue weighted by Crippen LogP contribution is 2.28. The predicted molar refractivity (Wildman–Crippen MR) is 86.6 cm³/mol. The molecule has 0 saturated heterocycles. The summed E-state index contributed by atoms with van der Waals surface area (Å²) in [5.74, 6) is 0.607. The van der Waals surface area contributed by atoms with Crippen LogP contribution in [-0.2, 0) is 12.8 Å². The van der Waals surface area contributed by atoms with Gasteiger partial charge in [-0.25, -0.2) is 0 Å². The third-order valence-corrected chi connectivity index (χ3v) is 4.20. The second-order valence-corrected chi connectivity index (χ2v) is 6.05. The molecular formula is C19H23N. The molecule has 0 aromatic heterocycles. The monoisotopic (exact) mass is 265 g/mol. The van der Waals surface area contributed by atoms with E-state index in [1.165, 1.54) is 40.8 Å². The summed E-state index contributed by atoms with van der Waals surface area (Å²) in [7, 11) is 0. The molecule has 0 spiro atoms. The molecule has 0 amide bonds. The zero-order chi connectivity index (χ0) is 13.9. The van der Waals surface area contributed by atoms with Gasteiger partial charge in [0, 0.05) is 12.2 Å². The maximum atomic E-state index is 3.58. The lowest BCUT2D eigenvalue weighted by molar-refractivity contribution is 0.825. The van der Waals surface area contributed by atoms with Gasteiger partial charge in [0.25, 0.3) is 0 Å². The molecule has 0 radical (unpaired) electrons. The summed E-state index contributed by atoms with van der Waals surface area (Å²) in [6.45, 7) is 5.59. The molecule has 0 saturated carbocycles. The van der Waals surface area contributed by atoms with Crippen LogP contribution in [0.25, 0.3) is 0 Å². The van der Waals surface area contributed by atoms with Gasteiger partial charge in [0.2, 0.25) is 0 Å². The first-order valence-corrected chi connectivity index (χ1v) is 7.67. The summed E-state index contributed by atoms with van der Waals surface area (Å²) in [5.41, 5.74) is 7.11. The number of aryl methyl sites for hydroxylation is 1. The summed E-state index contributed by atoms with van der Waals surface area (Å²) in [6.07, 6.45) is 3.48. The Labute approximate surface area is 122 Å². The zero-order valence-corrected chi connectivity index (χ0v) is 12.4. The van der Waals surface area contributed by atoms with Crippen molar-refractivity contribution in [1.29, 1.82) is 0 Å². The lowest BCUT2D eigenvalue weighted by Gasteiger charge is -2.21. The highest BCUT2D eigenvalue weighted by atomic mass is 14.9. The molecule has 0 bridgehead atoms. The van der Waals surface area contributed by atoms with E-state index < -0.39 is 0 Å². The largest absolute Gasteiger partial charge is 0.385 e. The van der Waals surface area contributed by atoms with Gasteiger partial charge in [-0.05, 0) is 47.4 Å². The fraction of sp³-hybridized carbons (Fsp3) is 0.368. The van der Waals surface area contributed by atoms with Gasteiger partial charge in [0.1, 0.15) is 0 Å². The average Bonchev–Trinajstić information content (AvgIpc) is 2.48. The molecule has 1 nitrogen and oxygen atoms in total. The zero-order valence-electron chi connectivity index (χ0n) is 12.4. The number of fused-ring (bicyclic) bond motifs is 1. The smallest absolute Gasteiger partial charge is 0.0408 e. The molecule has 104 valence electrons. The first-order chi connectivity index (χ1) is 9.74. The van der Waals surface area contributed by atoms with Crippen LogP contribution in [0, 0.1) is 0 Å². The van der Waals surface area contributed by atoms with Gasteiger partial charge in [-0.1, -0.05) is 56.3 Å². The van der Waals surface area contributed by atoms with Crippen molar-refractivity contribution in [2.24, 2.45) is 0 Å². The van der Waals surface area contributed by atoms with Crippen LogP contribution in [0.1, 0.15) is 48.4 Å². The van der Waals surface area contributed by atoms with Crippen LogP contribution < -0.4 is 5.32 Å². The quantitative estimate of drug-likeness (QED) is 0.843. The first-order valence-electron chi connectivity index (χ1n) is 7.67. The van der Waals surface area contributed by atoms with Crippen LogP contribution >= 0.6 is 0 Å². The van der Waals surface area contributed by atoms with E-state index in [9.17, 15) is 0 Å². The minimum atomic E-state index is 0.607. The fourth-order valence-corrected chi connectivity index (χ4v) is 2.97. The van der Waals surface area contributed by atoms with Crippen molar-refractivity contribution in [3.05, 3.63) is 64.7 Å². The van der Waals surface area contributed by atoms with E-state index in [0.717, 1.165) is 13.0 Å². The Hall–Kier alpha value is -1.76. The molecule has 3 rings (SSSR count). The summed E-state index contributed by atoms with van der Waals surface area (Å²) >= 11 is 0. The molecule has 0 atom stereocenters. The van der Waals surface area contributed by atoms with Crippen molar-refractivity contribution in [2.45, 2.75) is 39.0 Å². The van der Waals surface area contributed by atoms with Crippen molar-refractivity contribution in [3.63, 3.8) is 0 Å². The van der Waals surface area contributed by atoms with Gasteiger partial charge in [-0.15, -0.1) is 0 Å². The summed E-state index contributed by atoms with van der Waals surface area (Å²) in [6, 6.07) is 15.8. The van der Waals surface area contributed by atoms with Crippen molar-refractivity contribution in [2.75, 3.05) is 11.9 Å². The first kappa shape index (κ1) is 13.2. The van der Waals surface area contributed by atoms with Crippen LogP contribution in [-0.4, -0.2) is 6.54 Å². The molecule has 0 unspecified atom stereocenters. The van der Waals surface area contributed by atoms with E-state index in [4.69, 9.17) is 0 Å². The van der Waals surface area contributed by atoms with Gasteiger partial charge >= 0.3 is 0 Å². The van der Waals surface area contributed by atoms with E-state index >= 15 is 0 Å². The van der Waals surface area contributed by atoms with Crippen LogP contribution in [0.3, 0.4) is 0 Å². The second kappa shape index (κ2) is 5.70. The van der Waals surface area contributed by atoms with Crippen LogP contribution in [0.15, 0.2) is 42.5 Å². The molecule has 1 N–H and O–H groups in total. The Morgan fingerprint density at radius 1 is 1.05 bits per heavy atom. The Morgan fingerprint density at radius 3 is 2.60 bits per heavy atom. The van der Waals surface area contributed by atoms with Crippen molar-refractivity contribution >= 4 is 5.69 Å². The molecule has 1 aliphatic rings. The Kier molecular flexibility index (Phi) is 3.77. The molecule has 1 aliphatic heterocycles. The molecule has 2 aromatic rings. The van der Waals surface area contributed by atoms with Crippen LogP contribution in [0.4, 0.5) is 5.69 Å². The van der Waals surface area contributed by atoms with Crippen molar-refractivity contribution in [1.82, 2.24) is 0 Å². The van der Waals surface area contributed by atoms with E-state index in [1.54, 1.807) is 0 Å². The summed E-state index contributed by atoms with van der Waals surface area (Å²) in [5, 5.41) is 3.58. The lowest BCUT2D eigenvalue weighted by atomic mass is 9.94. The normalized spacial score (nSPS) is 13.9. The minimum absolute atomic E-state index is 0.607. The van der Waals surface area contributed by atoms with E-state index in [-0.39, 0.29) is 0 Å². The molecule has 20 heavy (non-hydrogen) atoms. The maximum absolute atomic E-state index is 3.58. The van der Waals surface area contributed by atoms with Crippen molar-refractivity contribution < 1.29 is 0 Å². The van der Waals surface area contributed by atoms with E-state index in [0.29, 0.717) is 5.92 Å². The highest BCUT2D eigenvalue weighted by Gasteiger charge is 2.12. The van der Waals surface area contributed by atoms with Crippen LogP contribution in [0.2, 0.25) is 0 Å². The topological polar surface area (TPSA) is 12.0 Å². The molecule has 0 aliphatic carbocycles. The van der Waals surface area contributed by atoms with Crippen molar-refractivity contribution in [3.8, 4) is 0 Å². The van der Waals surface area contributed by atoms with Gasteiger partial charge in [0.15, 0.2) is 0 Å². The van der Waals surface area contributed by atoms with E-state index in [2.05, 4.69) is 61.6 Å². The third-order valence-electron chi connectivity index (χ3n) is 4.20. The molecule has 1 heteroatoms. The summed E-state index contributed by atoms with van der Waals surface area (Å²) in [4.78, 5) is 0. The maximum Gasteiger partial charge on any atom is 0.0408 e. The van der Waals surface area contributed by atoms with Gasteiger partial charge in [0.05, 0.1) is 0 Å². The molecular weight excluding hydrogens is 242 g/mol. The number of hydrogen-bond acceptors (Lipinski definition) is 1. The van der Waals surface area contributed by atoms with Gasteiger partial charge in [-0.3, -0.25) is 0 Å². The van der Waals surface area contributed by atoms with Gasteiger partial charge in [-0.2, -0.15) is 0 Å². The molecule has 2 aromatic carbocycles. The average molecular weight is 265 g/mol. The Bertz CT molecular complexity index is 581. The number of rotatable bonds is 3. The number of anilines is 1. The molecule has 0 fully saturated rings. The summed E-state index contributed by atoms with van der Waals surface area (Å²) < 4.78 is 0. The minimum Gasteiger partial charge on any atom is -0.385 e. The number of para-hydroxylation sites is 1. The number of hydrogen-bond donors (Lipinski definition) is 1. The van der Waals surface area contributed by atoms with Crippen LogP contribution in [0.5, 0.6) is 0 Å². The predicted octanol–water partition coefficient (Wildman–Crippen LogP) is 4.76. The SMILES string of the molecule is CC(C)c1ccc(Cc2cccc3c2NCCC3)cc1. The Balaban J connectivity index is 1.84. The number of benzene rings is 2. The highest BCUT2D eigenvalue weighted by molar-refractivity contribution is 5.60. The number of nitrogens with one attached hydrogen (secondary N) is 1. The van der Waals surface area contributed by atoms with Gasteiger partial charge < -0.3 is 5.32 Å². The standard InChI is InChI=1S/C19H23N/c1-14(2)16-10-8-15(9-11-16)13-18-6-3-5-17-7-4-12-20-19(17)18/h3,5-6,8-11,14,20H,4,7,12-13H2,1-2H3. The van der Waals surface area contributed by atoms with E-state index in [1.807, 2.05) is 0 Å². The fourth-order valence-electron chi connectivity index (χ4n) is 2.97. The second-order valence-electron chi connectivity index (χ2n) is 6.05. The third kappa shape index (κ3) is 2.72. The lowest BCUT2D eigenvalue weighted by Crippen LogP contribution is -2.13. The molecule has 1 heterocycles.